The molecule has 1 aromatic heterocycles. The highest BCUT2D eigenvalue weighted by atomic mass is 16.5. The van der Waals surface area contributed by atoms with Crippen LogP contribution in [0.2, 0.25) is 0 Å². The summed E-state index contributed by atoms with van der Waals surface area (Å²) in [7, 11) is 0. The van der Waals surface area contributed by atoms with Crippen LogP contribution in [0.25, 0.3) is 0 Å². The molecule has 6 heteroatoms. The third-order valence-corrected chi connectivity index (χ3v) is 5.54. The molecule has 2 aliphatic heterocycles. The number of pyridine rings is 1. The van der Waals surface area contributed by atoms with E-state index in [9.17, 15) is 4.79 Å². The van der Waals surface area contributed by atoms with Gasteiger partial charge in [-0.05, 0) is 31.4 Å². The van der Waals surface area contributed by atoms with Gasteiger partial charge in [0.15, 0.2) is 0 Å². The third-order valence-electron chi connectivity index (χ3n) is 5.54. The zero-order valence-corrected chi connectivity index (χ0v) is 17.2. The zero-order chi connectivity index (χ0) is 19.4. The molecule has 0 radical (unpaired) electrons. The van der Waals surface area contributed by atoms with Gasteiger partial charge in [-0.15, -0.1) is 0 Å². The molecule has 0 aromatic carbocycles. The van der Waals surface area contributed by atoms with Crippen LogP contribution in [0, 0.1) is 5.92 Å². The third kappa shape index (κ3) is 5.27. The fourth-order valence-corrected chi connectivity index (χ4v) is 4.37. The maximum absolute atomic E-state index is 13.3. The fourth-order valence-electron chi connectivity index (χ4n) is 4.37. The molecular weight excluding hydrogens is 340 g/mol. The molecule has 3 rings (SSSR count). The summed E-state index contributed by atoms with van der Waals surface area (Å²) in [6.07, 6.45) is 4.09. The second kappa shape index (κ2) is 9.13. The first kappa shape index (κ1) is 20.2. The van der Waals surface area contributed by atoms with Gasteiger partial charge in [-0.3, -0.25) is 19.6 Å². The summed E-state index contributed by atoms with van der Waals surface area (Å²) in [5.74, 6) is 0.579. The number of amides is 1. The number of hydrogen-bond acceptors (Lipinski definition) is 5. The van der Waals surface area contributed by atoms with Gasteiger partial charge in [-0.2, -0.15) is 0 Å². The lowest BCUT2D eigenvalue weighted by atomic mass is 9.98. The van der Waals surface area contributed by atoms with Gasteiger partial charge in [0.05, 0.1) is 18.2 Å². The summed E-state index contributed by atoms with van der Waals surface area (Å²) in [6.45, 7) is 14.5. The Morgan fingerprint density at radius 3 is 2.41 bits per heavy atom. The minimum atomic E-state index is -0.0522. The fraction of sp³-hybridized carbons (Fsp3) is 0.714. The van der Waals surface area contributed by atoms with Crippen molar-refractivity contribution in [3.05, 3.63) is 30.1 Å². The van der Waals surface area contributed by atoms with Crippen LogP contribution in [-0.2, 0) is 16.1 Å². The van der Waals surface area contributed by atoms with Gasteiger partial charge >= 0.3 is 0 Å². The molecule has 3 heterocycles. The number of aromatic nitrogens is 1. The smallest absolute Gasteiger partial charge is 0.240 e. The summed E-state index contributed by atoms with van der Waals surface area (Å²) in [5.41, 5.74) is 1.23. The van der Waals surface area contributed by atoms with Crippen LogP contribution in [0.15, 0.2) is 24.5 Å². The van der Waals surface area contributed by atoms with Crippen LogP contribution in [0.4, 0.5) is 0 Å². The summed E-state index contributed by atoms with van der Waals surface area (Å²) in [5, 5.41) is 0. The summed E-state index contributed by atoms with van der Waals surface area (Å²) >= 11 is 0. The van der Waals surface area contributed by atoms with Gasteiger partial charge in [0.2, 0.25) is 5.91 Å². The Kier molecular flexibility index (Phi) is 6.84. The minimum Gasteiger partial charge on any atom is -0.373 e. The first-order chi connectivity index (χ1) is 12.9. The van der Waals surface area contributed by atoms with Gasteiger partial charge in [0.1, 0.15) is 0 Å². The van der Waals surface area contributed by atoms with E-state index in [1.807, 2.05) is 12.3 Å². The normalized spacial score (nSPS) is 26.3. The number of hydrogen-bond donors (Lipinski definition) is 0. The zero-order valence-electron chi connectivity index (χ0n) is 17.2. The molecule has 0 spiro atoms. The van der Waals surface area contributed by atoms with E-state index in [4.69, 9.17) is 4.74 Å². The van der Waals surface area contributed by atoms with Crippen molar-refractivity contribution in [2.75, 3.05) is 39.3 Å². The monoisotopic (exact) mass is 374 g/mol. The molecule has 6 nitrogen and oxygen atoms in total. The molecule has 0 N–H and O–H groups in total. The van der Waals surface area contributed by atoms with Gasteiger partial charge in [-0.1, -0.05) is 19.9 Å². The standard InChI is InChI=1S/C21H34N4O2/c1-16(2)20(25-13-17(3)27-18(4)14-25)21(26)24-10-8-23(9-11-24)15-19-6-5-7-22-12-19/h5-7,12,16-18,20H,8-11,13-15H2,1-4H3. The molecular formula is C21H34N4O2. The predicted molar refractivity (Wildman–Crippen MR) is 106 cm³/mol. The van der Waals surface area contributed by atoms with Crippen molar-refractivity contribution < 1.29 is 9.53 Å². The number of carbonyl (C=O) groups excluding carboxylic acids is 1. The van der Waals surface area contributed by atoms with E-state index in [0.717, 1.165) is 45.8 Å². The quantitative estimate of drug-likeness (QED) is 0.787. The van der Waals surface area contributed by atoms with E-state index in [0.29, 0.717) is 5.92 Å². The second-order valence-electron chi connectivity index (χ2n) is 8.36. The number of ether oxygens (including phenoxy) is 1. The first-order valence-corrected chi connectivity index (χ1v) is 10.2. The lowest BCUT2D eigenvalue weighted by Crippen LogP contribution is -2.59. The molecule has 3 atom stereocenters. The number of carbonyl (C=O) groups is 1. The average Bonchev–Trinajstić information content (AvgIpc) is 2.62. The lowest BCUT2D eigenvalue weighted by molar-refractivity contribution is -0.147. The van der Waals surface area contributed by atoms with Crippen molar-refractivity contribution in [2.24, 2.45) is 5.92 Å². The largest absolute Gasteiger partial charge is 0.373 e. The molecule has 2 aliphatic rings. The number of morpholine rings is 1. The Hall–Kier alpha value is -1.50. The van der Waals surface area contributed by atoms with Crippen LogP contribution >= 0.6 is 0 Å². The maximum atomic E-state index is 13.3. The molecule has 150 valence electrons. The first-order valence-electron chi connectivity index (χ1n) is 10.2. The van der Waals surface area contributed by atoms with Gasteiger partial charge in [-0.25, -0.2) is 0 Å². The summed E-state index contributed by atoms with van der Waals surface area (Å²) in [4.78, 5) is 24.3. The Balaban J connectivity index is 1.57. The summed E-state index contributed by atoms with van der Waals surface area (Å²) in [6, 6.07) is 4.04. The predicted octanol–water partition coefficient (Wildman–Crippen LogP) is 1.86. The highest BCUT2D eigenvalue weighted by molar-refractivity contribution is 5.82. The van der Waals surface area contributed by atoms with Crippen molar-refractivity contribution >= 4 is 5.91 Å². The van der Waals surface area contributed by atoms with E-state index in [-0.39, 0.29) is 24.2 Å². The second-order valence-corrected chi connectivity index (χ2v) is 8.36. The molecule has 2 fully saturated rings. The molecule has 1 aromatic rings. The molecule has 1 amide bonds. The van der Waals surface area contributed by atoms with E-state index >= 15 is 0 Å². The molecule has 27 heavy (non-hydrogen) atoms. The number of nitrogens with zero attached hydrogens (tertiary/aromatic N) is 4. The van der Waals surface area contributed by atoms with Crippen molar-refractivity contribution in [2.45, 2.75) is 52.5 Å². The van der Waals surface area contributed by atoms with Crippen LogP contribution in [-0.4, -0.2) is 83.1 Å². The van der Waals surface area contributed by atoms with Crippen LogP contribution < -0.4 is 0 Å². The maximum Gasteiger partial charge on any atom is 0.240 e. The van der Waals surface area contributed by atoms with Crippen molar-refractivity contribution in [1.82, 2.24) is 19.7 Å². The van der Waals surface area contributed by atoms with Crippen LogP contribution in [0.5, 0.6) is 0 Å². The van der Waals surface area contributed by atoms with E-state index in [2.05, 4.69) is 53.4 Å². The van der Waals surface area contributed by atoms with E-state index < -0.39 is 0 Å². The Morgan fingerprint density at radius 1 is 1.19 bits per heavy atom. The Morgan fingerprint density at radius 2 is 1.85 bits per heavy atom. The SMILES string of the molecule is CC1CN(C(C(=O)N2CCN(Cc3cccnc3)CC2)C(C)C)CC(C)O1. The Labute approximate surface area is 163 Å². The number of piperazine rings is 1. The van der Waals surface area contributed by atoms with Gasteiger partial charge < -0.3 is 9.64 Å². The molecule has 0 bridgehead atoms. The highest BCUT2D eigenvalue weighted by Gasteiger charge is 2.37. The topological polar surface area (TPSA) is 48.9 Å². The van der Waals surface area contributed by atoms with Gasteiger partial charge in [0, 0.05) is 58.2 Å². The average molecular weight is 375 g/mol. The lowest BCUT2D eigenvalue weighted by Gasteiger charge is -2.44. The minimum absolute atomic E-state index is 0.0522. The van der Waals surface area contributed by atoms with Gasteiger partial charge in [0.25, 0.3) is 0 Å². The van der Waals surface area contributed by atoms with E-state index in [1.54, 1.807) is 6.20 Å². The van der Waals surface area contributed by atoms with Crippen molar-refractivity contribution in [1.29, 1.82) is 0 Å². The summed E-state index contributed by atoms with van der Waals surface area (Å²) < 4.78 is 5.86. The van der Waals surface area contributed by atoms with Crippen LogP contribution in [0.1, 0.15) is 33.3 Å². The molecule has 2 saturated heterocycles. The Bertz CT molecular complexity index is 591. The van der Waals surface area contributed by atoms with Crippen LogP contribution in [0.3, 0.4) is 0 Å². The molecule has 3 unspecified atom stereocenters. The molecule has 0 aliphatic carbocycles. The molecule has 0 saturated carbocycles. The van der Waals surface area contributed by atoms with Crippen molar-refractivity contribution in [3.63, 3.8) is 0 Å². The number of rotatable bonds is 5. The van der Waals surface area contributed by atoms with Crippen molar-refractivity contribution in [3.8, 4) is 0 Å². The van der Waals surface area contributed by atoms with E-state index in [1.165, 1.54) is 5.56 Å². The highest BCUT2D eigenvalue weighted by Crippen LogP contribution is 2.21.